The van der Waals surface area contributed by atoms with Crippen molar-refractivity contribution in [2.24, 2.45) is 0 Å². The molecular formula is C18H18N2O3. The maximum Gasteiger partial charge on any atom is 0.267 e. The Morgan fingerprint density at radius 1 is 1.17 bits per heavy atom. The van der Waals surface area contributed by atoms with Gasteiger partial charge in [-0.2, -0.15) is 0 Å². The quantitative estimate of drug-likeness (QED) is 0.927. The van der Waals surface area contributed by atoms with Crippen molar-refractivity contribution >= 4 is 23.2 Å². The highest BCUT2D eigenvalue weighted by atomic mass is 16.5. The Bertz CT molecular complexity index is 768. The molecule has 2 amide bonds. The lowest BCUT2D eigenvalue weighted by atomic mass is 10.1. The average molecular weight is 310 g/mol. The smallest absolute Gasteiger partial charge is 0.267 e. The number of carbonyl (C=O) groups excluding carboxylic acids is 2. The molecule has 2 aromatic carbocycles. The SMILES string of the molecule is Cc1ccc(C(=O)Nc2ccc3c(c2)N(C)C(=O)[C@H](C)O3)cc1. The Morgan fingerprint density at radius 3 is 2.57 bits per heavy atom. The van der Waals surface area contributed by atoms with E-state index in [0.717, 1.165) is 5.56 Å². The van der Waals surface area contributed by atoms with Gasteiger partial charge in [-0.25, -0.2) is 0 Å². The zero-order chi connectivity index (χ0) is 16.6. The molecule has 1 atom stereocenters. The molecule has 0 saturated heterocycles. The molecule has 0 unspecified atom stereocenters. The van der Waals surface area contributed by atoms with Crippen molar-refractivity contribution in [1.82, 2.24) is 0 Å². The van der Waals surface area contributed by atoms with E-state index >= 15 is 0 Å². The van der Waals surface area contributed by atoms with Crippen LogP contribution in [0.15, 0.2) is 42.5 Å². The van der Waals surface area contributed by atoms with Gasteiger partial charge < -0.3 is 15.0 Å². The van der Waals surface area contributed by atoms with Gasteiger partial charge in [0.15, 0.2) is 6.10 Å². The molecule has 23 heavy (non-hydrogen) atoms. The number of nitrogens with zero attached hydrogens (tertiary/aromatic N) is 1. The normalized spacial score (nSPS) is 16.6. The predicted octanol–water partition coefficient (Wildman–Crippen LogP) is 2.99. The second kappa shape index (κ2) is 5.76. The fraction of sp³-hybridized carbons (Fsp3) is 0.222. The van der Waals surface area contributed by atoms with Crippen LogP contribution in [0.2, 0.25) is 0 Å². The first-order chi connectivity index (χ1) is 11.0. The van der Waals surface area contributed by atoms with E-state index in [0.29, 0.717) is 22.7 Å². The van der Waals surface area contributed by atoms with Gasteiger partial charge in [-0.15, -0.1) is 0 Å². The third kappa shape index (κ3) is 2.90. The Morgan fingerprint density at radius 2 is 1.87 bits per heavy atom. The van der Waals surface area contributed by atoms with Gasteiger partial charge in [-0.1, -0.05) is 17.7 Å². The summed E-state index contributed by atoms with van der Waals surface area (Å²) in [5.74, 6) is 0.330. The van der Waals surface area contributed by atoms with E-state index in [1.165, 1.54) is 0 Å². The number of anilines is 2. The van der Waals surface area contributed by atoms with Gasteiger partial charge in [0.25, 0.3) is 11.8 Å². The maximum absolute atomic E-state index is 12.3. The summed E-state index contributed by atoms with van der Waals surface area (Å²) >= 11 is 0. The summed E-state index contributed by atoms with van der Waals surface area (Å²) in [5.41, 5.74) is 2.95. The Kier molecular flexibility index (Phi) is 3.78. The summed E-state index contributed by atoms with van der Waals surface area (Å²) in [6, 6.07) is 12.6. The fourth-order valence-electron chi connectivity index (χ4n) is 2.50. The lowest BCUT2D eigenvalue weighted by Crippen LogP contribution is -2.41. The number of hydrogen-bond acceptors (Lipinski definition) is 3. The lowest BCUT2D eigenvalue weighted by molar-refractivity contribution is -0.125. The van der Waals surface area contributed by atoms with Gasteiger partial charge in [0, 0.05) is 18.3 Å². The van der Waals surface area contributed by atoms with Gasteiger partial charge in [0.1, 0.15) is 5.75 Å². The lowest BCUT2D eigenvalue weighted by Gasteiger charge is -2.30. The number of fused-ring (bicyclic) bond motifs is 1. The second-order valence-corrected chi connectivity index (χ2v) is 5.66. The van der Waals surface area contributed by atoms with Gasteiger partial charge in [-0.3, -0.25) is 9.59 Å². The first kappa shape index (κ1) is 15.1. The van der Waals surface area contributed by atoms with Crippen molar-refractivity contribution in [2.75, 3.05) is 17.3 Å². The van der Waals surface area contributed by atoms with Gasteiger partial charge in [0.05, 0.1) is 5.69 Å². The van der Waals surface area contributed by atoms with E-state index in [2.05, 4.69) is 5.32 Å². The van der Waals surface area contributed by atoms with E-state index in [-0.39, 0.29) is 11.8 Å². The number of amides is 2. The third-order valence-electron chi connectivity index (χ3n) is 3.87. The predicted molar refractivity (Wildman–Crippen MR) is 89.1 cm³/mol. The molecule has 1 aliphatic rings. The van der Waals surface area contributed by atoms with Crippen molar-refractivity contribution in [3.05, 3.63) is 53.6 Å². The molecule has 0 fully saturated rings. The van der Waals surface area contributed by atoms with Crippen LogP contribution in [0, 0.1) is 6.92 Å². The van der Waals surface area contributed by atoms with E-state index in [1.54, 1.807) is 49.2 Å². The van der Waals surface area contributed by atoms with Crippen molar-refractivity contribution in [3.8, 4) is 5.75 Å². The molecule has 1 N–H and O–H groups in total. The summed E-state index contributed by atoms with van der Waals surface area (Å²) in [6.45, 7) is 3.69. The number of likely N-dealkylation sites (N-methyl/N-ethyl adjacent to an activating group) is 1. The Labute approximate surface area is 134 Å². The minimum Gasteiger partial charge on any atom is -0.479 e. The number of benzene rings is 2. The van der Waals surface area contributed by atoms with Crippen LogP contribution in [-0.4, -0.2) is 25.0 Å². The summed E-state index contributed by atoms with van der Waals surface area (Å²) in [7, 11) is 1.70. The number of aryl methyl sites for hydroxylation is 1. The molecule has 1 heterocycles. The van der Waals surface area contributed by atoms with Gasteiger partial charge in [0.2, 0.25) is 0 Å². The largest absolute Gasteiger partial charge is 0.479 e. The van der Waals surface area contributed by atoms with Crippen molar-refractivity contribution < 1.29 is 14.3 Å². The Balaban J connectivity index is 1.83. The van der Waals surface area contributed by atoms with E-state index in [1.807, 2.05) is 19.1 Å². The summed E-state index contributed by atoms with van der Waals surface area (Å²) in [4.78, 5) is 25.8. The van der Waals surface area contributed by atoms with E-state index < -0.39 is 6.10 Å². The van der Waals surface area contributed by atoms with Gasteiger partial charge in [-0.05, 0) is 44.2 Å². The molecule has 5 nitrogen and oxygen atoms in total. The molecule has 2 aromatic rings. The van der Waals surface area contributed by atoms with Gasteiger partial charge >= 0.3 is 0 Å². The fourth-order valence-corrected chi connectivity index (χ4v) is 2.50. The van der Waals surface area contributed by atoms with Crippen LogP contribution < -0.4 is 15.0 Å². The van der Waals surface area contributed by atoms with Crippen LogP contribution in [0.1, 0.15) is 22.8 Å². The number of rotatable bonds is 2. The highest BCUT2D eigenvalue weighted by Gasteiger charge is 2.29. The molecule has 0 saturated carbocycles. The monoisotopic (exact) mass is 310 g/mol. The first-order valence-corrected chi connectivity index (χ1v) is 7.42. The van der Waals surface area contributed by atoms with Crippen LogP contribution in [-0.2, 0) is 4.79 Å². The summed E-state index contributed by atoms with van der Waals surface area (Å²) in [6.07, 6.45) is -0.500. The third-order valence-corrected chi connectivity index (χ3v) is 3.87. The van der Waals surface area contributed by atoms with Crippen LogP contribution >= 0.6 is 0 Å². The summed E-state index contributed by atoms with van der Waals surface area (Å²) < 4.78 is 5.57. The molecule has 0 aliphatic carbocycles. The standard InChI is InChI=1S/C18H18N2O3/c1-11-4-6-13(7-5-11)17(21)19-14-8-9-16-15(10-14)20(3)18(22)12(2)23-16/h4-10,12H,1-3H3,(H,19,21)/t12-/m0/s1. The first-order valence-electron chi connectivity index (χ1n) is 7.42. The summed E-state index contributed by atoms with van der Waals surface area (Å²) in [5, 5.41) is 2.84. The molecule has 0 radical (unpaired) electrons. The molecule has 0 spiro atoms. The number of nitrogens with one attached hydrogen (secondary N) is 1. The second-order valence-electron chi connectivity index (χ2n) is 5.66. The minimum atomic E-state index is -0.500. The van der Waals surface area contributed by atoms with Crippen LogP contribution in [0.4, 0.5) is 11.4 Å². The van der Waals surface area contributed by atoms with Crippen LogP contribution in [0.5, 0.6) is 5.75 Å². The van der Waals surface area contributed by atoms with Crippen LogP contribution in [0.3, 0.4) is 0 Å². The molecule has 0 aromatic heterocycles. The maximum atomic E-state index is 12.3. The van der Waals surface area contributed by atoms with E-state index in [4.69, 9.17) is 4.74 Å². The van der Waals surface area contributed by atoms with Crippen molar-refractivity contribution in [3.63, 3.8) is 0 Å². The zero-order valence-corrected chi connectivity index (χ0v) is 13.3. The topological polar surface area (TPSA) is 58.6 Å². The molecule has 3 rings (SSSR count). The highest BCUT2D eigenvalue weighted by Crippen LogP contribution is 2.35. The number of ether oxygens (including phenoxy) is 1. The molecule has 5 heteroatoms. The molecule has 1 aliphatic heterocycles. The number of hydrogen-bond donors (Lipinski definition) is 1. The molecule has 0 bridgehead atoms. The van der Waals surface area contributed by atoms with Crippen LogP contribution in [0.25, 0.3) is 0 Å². The highest BCUT2D eigenvalue weighted by molar-refractivity contribution is 6.05. The van der Waals surface area contributed by atoms with Crippen molar-refractivity contribution in [2.45, 2.75) is 20.0 Å². The average Bonchev–Trinajstić information content (AvgIpc) is 2.54. The van der Waals surface area contributed by atoms with Crippen molar-refractivity contribution in [1.29, 1.82) is 0 Å². The minimum absolute atomic E-state index is 0.112. The Hall–Kier alpha value is -2.82. The molecule has 118 valence electrons. The molecular weight excluding hydrogens is 292 g/mol. The zero-order valence-electron chi connectivity index (χ0n) is 13.3. The number of carbonyl (C=O) groups is 2. The van der Waals surface area contributed by atoms with E-state index in [9.17, 15) is 9.59 Å².